The first-order chi connectivity index (χ1) is 14.5. The van der Waals surface area contributed by atoms with Crippen molar-refractivity contribution in [1.82, 2.24) is 0 Å². The highest BCUT2D eigenvalue weighted by atomic mass is 19.1. The van der Waals surface area contributed by atoms with Crippen molar-refractivity contribution in [2.24, 2.45) is 0 Å². The molecule has 0 saturated carbocycles. The molecule has 2 nitrogen and oxygen atoms in total. The maximum absolute atomic E-state index is 15.1. The molecule has 30 heavy (non-hydrogen) atoms. The van der Waals surface area contributed by atoms with E-state index in [1.165, 1.54) is 12.1 Å². The number of rotatable bonds is 7. The summed E-state index contributed by atoms with van der Waals surface area (Å²) in [6.45, 7) is 2.12. The van der Waals surface area contributed by atoms with Gasteiger partial charge < -0.3 is 0 Å². The molecule has 0 aliphatic heterocycles. The summed E-state index contributed by atoms with van der Waals surface area (Å²) < 4.78 is 43.7. The fourth-order valence-corrected chi connectivity index (χ4v) is 3.44. The molecule has 0 bridgehead atoms. The topological polar surface area (TPSA) is 40.9 Å². The standard InChI is InChI=1S/C25H20F3NO/c1-2-3-4-5-16-6-8-17(9-7-16)24-20(13-23(27)21(15-30)25(24)28)18-10-11-19(14-29)22(26)12-18/h6-13,15H,2-5H2,1H3. The SMILES string of the molecule is CCCCCc1ccc(-c2c(-c3ccc(C#N)c(F)c3)cc(F)c(C=O)c2F)cc1. The van der Waals surface area contributed by atoms with Gasteiger partial charge in [0.05, 0.1) is 11.1 Å². The number of carbonyl (C=O) groups is 1. The lowest BCUT2D eigenvalue weighted by atomic mass is 9.90. The first-order valence-corrected chi connectivity index (χ1v) is 9.76. The summed E-state index contributed by atoms with van der Waals surface area (Å²) in [6, 6.07) is 13.7. The third-order valence-electron chi connectivity index (χ3n) is 5.08. The quantitative estimate of drug-likeness (QED) is 0.317. The average molecular weight is 407 g/mol. The molecule has 152 valence electrons. The highest BCUT2D eigenvalue weighted by Gasteiger charge is 2.21. The van der Waals surface area contributed by atoms with Gasteiger partial charge in [0.2, 0.25) is 0 Å². The summed E-state index contributed by atoms with van der Waals surface area (Å²) in [6.07, 6.45) is 4.30. The Bertz CT molecular complexity index is 1110. The van der Waals surface area contributed by atoms with Crippen LogP contribution >= 0.6 is 0 Å². The van der Waals surface area contributed by atoms with Gasteiger partial charge in [0.1, 0.15) is 23.5 Å². The Balaban J connectivity index is 2.14. The largest absolute Gasteiger partial charge is 0.298 e. The van der Waals surface area contributed by atoms with Crippen LogP contribution in [-0.2, 0) is 6.42 Å². The Kier molecular flexibility index (Phi) is 6.68. The molecular formula is C25H20F3NO. The number of halogens is 3. The molecule has 0 saturated heterocycles. The Hall–Kier alpha value is -3.39. The summed E-state index contributed by atoms with van der Waals surface area (Å²) in [5, 5.41) is 8.92. The second-order valence-electron chi connectivity index (χ2n) is 7.09. The van der Waals surface area contributed by atoms with Gasteiger partial charge in [0, 0.05) is 5.56 Å². The van der Waals surface area contributed by atoms with E-state index in [4.69, 9.17) is 5.26 Å². The van der Waals surface area contributed by atoms with Crippen molar-refractivity contribution < 1.29 is 18.0 Å². The lowest BCUT2D eigenvalue weighted by Crippen LogP contribution is -2.01. The van der Waals surface area contributed by atoms with Crippen LogP contribution in [0.2, 0.25) is 0 Å². The predicted octanol–water partition coefficient (Wildman–Crippen LogP) is 6.85. The van der Waals surface area contributed by atoms with Crippen LogP contribution in [0, 0.1) is 28.8 Å². The molecule has 3 aromatic rings. The highest BCUT2D eigenvalue weighted by Crippen LogP contribution is 2.37. The Morgan fingerprint density at radius 2 is 1.63 bits per heavy atom. The van der Waals surface area contributed by atoms with Crippen LogP contribution < -0.4 is 0 Å². The third-order valence-corrected chi connectivity index (χ3v) is 5.08. The Labute approximate surface area is 173 Å². The second kappa shape index (κ2) is 9.41. The maximum atomic E-state index is 15.1. The van der Waals surface area contributed by atoms with Crippen molar-refractivity contribution in [1.29, 1.82) is 5.26 Å². The number of nitriles is 1. The molecule has 5 heteroatoms. The zero-order valence-electron chi connectivity index (χ0n) is 16.5. The van der Waals surface area contributed by atoms with Crippen LogP contribution in [0.4, 0.5) is 13.2 Å². The fraction of sp³-hybridized carbons (Fsp3) is 0.200. The smallest absolute Gasteiger partial charge is 0.155 e. The molecule has 0 N–H and O–H groups in total. The van der Waals surface area contributed by atoms with Gasteiger partial charge in [-0.3, -0.25) is 4.79 Å². The summed E-state index contributed by atoms with van der Waals surface area (Å²) >= 11 is 0. The molecule has 0 fully saturated rings. The molecule has 3 aromatic carbocycles. The van der Waals surface area contributed by atoms with Gasteiger partial charge in [-0.05, 0) is 53.3 Å². The molecule has 0 heterocycles. The third kappa shape index (κ3) is 4.28. The number of hydrogen-bond acceptors (Lipinski definition) is 2. The van der Waals surface area contributed by atoms with E-state index in [2.05, 4.69) is 6.92 Å². The van der Waals surface area contributed by atoms with Gasteiger partial charge >= 0.3 is 0 Å². The number of unbranched alkanes of at least 4 members (excludes halogenated alkanes) is 2. The van der Waals surface area contributed by atoms with E-state index in [0.717, 1.165) is 43.4 Å². The van der Waals surface area contributed by atoms with Crippen LogP contribution in [-0.4, -0.2) is 6.29 Å². The monoisotopic (exact) mass is 407 g/mol. The van der Waals surface area contributed by atoms with Crippen LogP contribution in [0.5, 0.6) is 0 Å². The zero-order chi connectivity index (χ0) is 21.7. The van der Waals surface area contributed by atoms with E-state index in [1.54, 1.807) is 18.2 Å². The Morgan fingerprint density at radius 3 is 2.23 bits per heavy atom. The van der Waals surface area contributed by atoms with Crippen LogP contribution in [0.3, 0.4) is 0 Å². The second-order valence-corrected chi connectivity index (χ2v) is 7.09. The van der Waals surface area contributed by atoms with E-state index in [1.807, 2.05) is 12.1 Å². The summed E-state index contributed by atoms with van der Waals surface area (Å²) in [7, 11) is 0. The molecular weight excluding hydrogens is 387 g/mol. The molecule has 0 aliphatic rings. The van der Waals surface area contributed by atoms with Crippen LogP contribution in [0.25, 0.3) is 22.3 Å². The number of aldehydes is 1. The van der Waals surface area contributed by atoms with Gasteiger partial charge in [-0.15, -0.1) is 0 Å². The van der Waals surface area contributed by atoms with Crippen molar-refractivity contribution >= 4 is 6.29 Å². The zero-order valence-corrected chi connectivity index (χ0v) is 16.5. The van der Waals surface area contributed by atoms with Gasteiger partial charge in [-0.25, -0.2) is 13.2 Å². The van der Waals surface area contributed by atoms with Crippen molar-refractivity contribution in [3.05, 3.63) is 82.7 Å². The van der Waals surface area contributed by atoms with Gasteiger partial charge in [-0.1, -0.05) is 50.1 Å². The van der Waals surface area contributed by atoms with E-state index in [-0.39, 0.29) is 28.5 Å². The van der Waals surface area contributed by atoms with Gasteiger partial charge in [0.25, 0.3) is 0 Å². The minimum atomic E-state index is -1.03. The summed E-state index contributed by atoms with van der Waals surface area (Å²) in [5.41, 5.74) is 1.05. The molecule has 0 radical (unpaired) electrons. The normalized spacial score (nSPS) is 10.6. The molecule has 0 aromatic heterocycles. The van der Waals surface area contributed by atoms with E-state index >= 15 is 4.39 Å². The van der Waals surface area contributed by atoms with E-state index in [9.17, 15) is 13.6 Å². The summed E-state index contributed by atoms with van der Waals surface area (Å²) in [4.78, 5) is 11.2. The molecule has 0 spiro atoms. The Morgan fingerprint density at radius 1 is 0.933 bits per heavy atom. The molecule has 0 atom stereocenters. The maximum Gasteiger partial charge on any atom is 0.155 e. The van der Waals surface area contributed by atoms with E-state index in [0.29, 0.717) is 5.56 Å². The fourth-order valence-electron chi connectivity index (χ4n) is 3.44. The number of hydrogen-bond donors (Lipinski definition) is 0. The van der Waals surface area contributed by atoms with Crippen LogP contribution in [0.1, 0.15) is 47.7 Å². The predicted molar refractivity (Wildman–Crippen MR) is 111 cm³/mol. The van der Waals surface area contributed by atoms with Crippen molar-refractivity contribution in [2.45, 2.75) is 32.6 Å². The van der Waals surface area contributed by atoms with Gasteiger partial charge in [0.15, 0.2) is 6.29 Å². The molecule has 0 unspecified atom stereocenters. The number of benzene rings is 3. The highest BCUT2D eigenvalue weighted by molar-refractivity contribution is 5.89. The van der Waals surface area contributed by atoms with E-state index < -0.39 is 23.0 Å². The van der Waals surface area contributed by atoms with Crippen molar-refractivity contribution in [2.75, 3.05) is 0 Å². The van der Waals surface area contributed by atoms with Crippen LogP contribution in [0.15, 0.2) is 48.5 Å². The lowest BCUT2D eigenvalue weighted by Gasteiger charge is -2.15. The van der Waals surface area contributed by atoms with Crippen molar-refractivity contribution in [3.63, 3.8) is 0 Å². The number of carbonyl (C=O) groups excluding carboxylic acids is 1. The number of aryl methyl sites for hydroxylation is 1. The van der Waals surface area contributed by atoms with Gasteiger partial charge in [-0.2, -0.15) is 5.26 Å². The number of nitrogens with zero attached hydrogens (tertiary/aromatic N) is 1. The average Bonchev–Trinajstić information content (AvgIpc) is 2.74. The molecule has 3 rings (SSSR count). The first-order valence-electron chi connectivity index (χ1n) is 9.76. The van der Waals surface area contributed by atoms with Crippen molar-refractivity contribution in [3.8, 4) is 28.3 Å². The molecule has 0 aliphatic carbocycles. The molecule has 0 amide bonds. The first kappa shape index (κ1) is 21.3. The minimum Gasteiger partial charge on any atom is -0.298 e. The minimum absolute atomic E-state index is 0.0164. The lowest BCUT2D eigenvalue weighted by molar-refractivity contribution is 0.111. The summed E-state index contributed by atoms with van der Waals surface area (Å²) in [5.74, 6) is -2.81.